The van der Waals surface area contributed by atoms with Crippen molar-refractivity contribution in [1.82, 2.24) is 35.1 Å². The summed E-state index contributed by atoms with van der Waals surface area (Å²) in [5.74, 6) is 2.90. The number of aromatic amines is 2. The summed E-state index contributed by atoms with van der Waals surface area (Å²) in [6, 6.07) is 26.6. The SMILES string of the molecule is c1ccc(C2Oc3cc(-c4cnc(C5CCCN5)[nH]4)ccc3-c3cc4cc(-c5cnc([C@@H]6CCCN6)[nH]5)ccc4n32)cc1. The third kappa shape index (κ3) is 4.20. The summed E-state index contributed by atoms with van der Waals surface area (Å²) in [4.78, 5) is 16.5. The molecule has 0 aliphatic carbocycles. The standard InChI is InChI=1S/C35H33N7O/c1-2-6-21(7-3-1)35-42-30-13-11-22(28-19-38-33(40-28)26-8-4-14-36-26)16-24(30)17-31(42)25-12-10-23(18-32(25)43-35)29-20-39-34(41-29)27-9-5-15-37-27/h1-3,6-7,10-13,16-20,26-27,35-37H,4-5,8-9,14-15H2,(H,38,40)(H,39,41)/t26-,27?,35?/m0/s1. The van der Waals surface area contributed by atoms with Crippen molar-refractivity contribution in [2.45, 2.75) is 44.0 Å². The molecule has 0 bridgehead atoms. The molecule has 3 aliphatic heterocycles. The first-order valence-corrected chi connectivity index (χ1v) is 15.4. The third-order valence-corrected chi connectivity index (χ3v) is 9.25. The van der Waals surface area contributed by atoms with Gasteiger partial charge in [-0.3, -0.25) is 0 Å². The maximum Gasteiger partial charge on any atom is 0.203 e. The van der Waals surface area contributed by atoms with Crippen molar-refractivity contribution in [3.63, 3.8) is 0 Å². The summed E-state index contributed by atoms with van der Waals surface area (Å²) in [6.45, 7) is 2.10. The maximum atomic E-state index is 6.85. The van der Waals surface area contributed by atoms with Gasteiger partial charge in [0.05, 0.1) is 47.1 Å². The van der Waals surface area contributed by atoms with Gasteiger partial charge in [0.15, 0.2) is 0 Å². The number of aromatic nitrogens is 5. The first kappa shape index (κ1) is 24.9. The van der Waals surface area contributed by atoms with E-state index in [9.17, 15) is 0 Å². The van der Waals surface area contributed by atoms with Crippen molar-refractivity contribution < 1.29 is 4.74 Å². The zero-order valence-electron chi connectivity index (χ0n) is 23.8. The van der Waals surface area contributed by atoms with Gasteiger partial charge in [0.25, 0.3) is 0 Å². The Morgan fingerprint density at radius 3 is 2.07 bits per heavy atom. The zero-order valence-corrected chi connectivity index (χ0v) is 23.8. The number of fused-ring (bicyclic) bond motifs is 5. The Hall–Kier alpha value is -4.66. The minimum atomic E-state index is -0.283. The summed E-state index contributed by atoms with van der Waals surface area (Å²) in [5.41, 5.74) is 8.74. The minimum absolute atomic E-state index is 0.283. The van der Waals surface area contributed by atoms with Crippen LogP contribution in [-0.2, 0) is 0 Å². The molecule has 6 heterocycles. The molecule has 3 aliphatic rings. The quantitative estimate of drug-likeness (QED) is 0.182. The molecule has 6 aromatic rings. The monoisotopic (exact) mass is 567 g/mol. The van der Waals surface area contributed by atoms with Crippen molar-refractivity contribution in [2.75, 3.05) is 13.1 Å². The lowest BCUT2D eigenvalue weighted by molar-refractivity contribution is 0.173. The highest BCUT2D eigenvalue weighted by molar-refractivity contribution is 5.92. The number of rotatable bonds is 5. The largest absolute Gasteiger partial charge is 0.465 e. The molecule has 0 radical (unpaired) electrons. The maximum absolute atomic E-state index is 6.85. The van der Waals surface area contributed by atoms with E-state index < -0.39 is 0 Å². The molecule has 214 valence electrons. The smallest absolute Gasteiger partial charge is 0.203 e. The molecule has 0 amide bonds. The normalized spacial score (nSPS) is 21.2. The van der Waals surface area contributed by atoms with Gasteiger partial charge in [0, 0.05) is 27.6 Å². The molecule has 8 heteroatoms. The molecule has 3 aromatic carbocycles. The molecule has 0 saturated carbocycles. The van der Waals surface area contributed by atoms with Gasteiger partial charge in [0.1, 0.15) is 17.4 Å². The van der Waals surface area contributed by atoms with Gasteiger partial charge in [-0.25, -0.2) is 9.97 Å². The van der Waals surface area contributed by atoms with Crippen LogP contribution >= 0.6 is 0 Å². The predicted molar refractivity (Wildman–Crippen MR) is 168 cm³/mol. The van der Waals surface area contributed by atoms with E-state index >= 15 is 0 Å². The molecule has 3 atom stereocenters. The van der Waals surface area contributed by atoms with E-state index in [1.807, 2.05) is 18.5 Å². The van der Waals surface area contributed by atoms with Crippen LogP contribution in [0.5, 0.6) is 5.75 Å². The Kier molecular flexibility index (Phi) is 5.77. The van der Waals surface area contributed by atoms with Crippen molar-refractivity contribution in [3.05, 3.63) is 102 Å². The van der Waals surface area contributed by atoms with E-state index in [2.05, 4.69) is 91.9 Å². The van der Waals surface area contributed by atoms with Gasteiger partial charge < -0.3 is 29.9 Å². The fourth-order valence-electron chi connectivity index (χ4n) is 7.03. The highest BCUT2D eigenvalue weighted by atomic mass is 16.5. The molecular weight excluding hydrogens is 534 g/mol. The molecule has 2 unspecified atom stereocenters. The second-order valence-corrected chi connectivity index (χ2v) is 11.9. The molecular formula is C35H33N7O. The van der Waals surface area contributed by atoms with Crippen molar-refractivity contribution in [2.24, 2.45) is 0 Å². The molecule has 9 rings (SSSR count). The van der Waals surface area contributed by atoms with Crippen LogP contribution in [0, 0.1) is 0 Å². The second-order valence-electron chi connectivity index (χ2n) is 11.9. The van der Waals surface area contributed by atoms with E-state index in [0.717, 1.165) is 88.2 Å². The third-order valence-electron chi connectivity index (χ3n) is 9.25. The van der Waals surface area contributed by atoms with E-state index in [1.165, 1.54) is 18.2 Å². The van der Waals surface area contributed by atoms with Crippen molar-refractivity contribution >= 4 is 10.9 Å². The number of benzene rings is 3. The molecule has 3 aromatic heterocycles. The Balaban J connectivity index is 1.13. The Labute approximate surface area is 249 Å². The highest BCUT2D eigenvalue weighted by Gasteiger charge is 2.30. The Bertz CT molecular complexity index is 1940. The van der Waals surface area contributed by atoms with Crippen LogP contribution in [0.1, 0.15) is 61.2 Å². The number of hydrogen-bond acceptors (Lipinski definition) is 5. The Morgan fingerprint density at radius 2 is 1.40 bits per heavy atom. The average molecular weight is 568 g/mol. The first-order chi connectivity index (χ1) is 21.3. The molecule has 8 nitrogen and oxygen atoms in total. The number of H-pyrrole nitrogens is 2. The van der Waals surface area contributed by atoms with E-state index in [1.54, 1.807) is 0 Å². The highest BCUT2D eigenvalue weighted by Crippen LogP contribution is 2.46. The number of hydrogen-bond donors (Lipinski definition) is 4. The second kappa shape index (κ2) is 9.97. The van der Waals surface area contributed by atoms with Crippen LogP contribution in [0.4, 0.5) is 0 Å². The van der Waals surface area contributed by atoms with Gasteiger partial charge in [-0.05, 0) is 69.1 Å². The lowest BCUT2D eigenvalue weighted by Crippen LogP contribution is -2.22. The first-order valence-electron chi connectivity index (χ1n) is 15.4. The predicted octanol–water partition coefficient (Wildman–Crippen LogP) is 6.88. The van der Waals surface area contributed by atoms with Crippen molar-refractivity contribution in [1.29, 1.82) is 0 Å². The summed E-state index contributed by atoms with van der Waals surface area (Å²) in [7, 11) is 0. The van der Waals surface area contributed by atoms with Crippen LogP contribution in [0.3, 0.4) is 0 Å². The number of ether oxygens (including phenoxy) is 1. The Morgan fingerprint density at radius 1 is 0.721 bits per heavy atom. The van der Waals surface area contributed by atoms with Crippen LogP contribution < -0.4 is 15.4 Å². The fraction of sp³-hybridized carbons (Fsp3) is 0.257. The molecule has 2 saturated heterocycles. The van der Waals surface area contributed by atoms with Crippen LogP contribution in [0.25, 0.3) is 44.7 Å². The minimum Gasteiger partial charge on any atom is -0.465 e. The topological polar surface area (TPSA) is 95.6 Å². The van der Waals surface area contributed by atoms with Gasteiger partial charge in [-0.2, -0.15) is 0 Å². The lowest BCUT2D eigenvalue weighted by atomic mass is 10.0. The van der Waals surface area contributed by atoms with Gasteiger partial charge in [0.2, 0.25) is 6.23 Å². The summed E-state index contributed by atoms with van der Waals surface area (Å²) in [5, 5.41) is 8.25. The number of nitrogens with one attached hydrogen (secondary N) is 4. The molecule has 4 N–H and O–H groups in total. The van der Waals surface area contributed by atoms with Crippen LogP contribution in [0.15, 0.2) is 85.2 Å². The van der Waals surface area contributed by atoms with Crippen LogP contribution in [0.2, 0.25) is 0 Å². The summed E-state index contributed by atoms with van der Waals surface area (Å²) >= 11 is 0. The molecule has 43 heavy (non-hydrogen) atoms. The summed E-state index contributed by atoms with van der Waals surface area (Å²) in [6.07, 6.45) is 8.24. The zero-order chi connectivity index (χ0) is 28.3. The van der Waals surface area contributed by atoms with E-state index in [4.69, 9.17) is 14.7 Å². The lowest BCUT2D eigenvalue weighted by Gasteiger charge is -2.30. The number of imidazole rings is 2. The summed E-state index contributed by atoms with van der Waals surface area (Å²) < 4.78 is 9.18. The van der Waals surface area contributed by atoms with Crippen molar-refractivity contribution in [3.8, 4) is 39.5 Å². The van der Waals surface area contributed by atoms with Crippen LogP contribution in [-0.4, -0.2) is 37.6 Å². The van der Waals surface area contributed by atoms with E-state index in [-0.39, 0.29) is 6.23 Å². The average Bonchev–Trinajstić information content (AvgIpc) is 3.89. The van der Waals surface area contributed by atoms with E-state index in [0.29, 0.717) is 12.1 Å². The molecule has 0 spiro atoms. The number of nitrogens with zero attached hydrogens (tertiary/aromatic N) is 3. The van der Waals surface area contributed by atoms with Gasteiger partial charge in [-0.1, -0.05) is 42.5 Å². The van der Waals surface area contributed by atoms with Gasteiger partial charge >= 0.3 is 0 Å². The fourth-order valence-corrected chi connectivity index (χ4v) is 7.03. The van der Waals surface area contributed by atoms with Gasteiger partial charge in [-0.15, -0.1) is 0 Å². The molecule has 2 fully saturated rings.